The standard InChI is InChI=1S/C17H22N2O3/c1-12(18-16(20)15-7-4-10-22-15)17(21)19-9-8-13-5-2-3-6-14(13)11-19/h2-3,5-6,12,15H,4,7-11H2,1H3,(H,18,20)/t12-,15?/m0/s1. The summed E-state index contributed by atoms with van der Waals surface area (Å²) in [5, 5.41) is 2.79. The summed E-state index contributed by atoms with van der Waals surface area (Å²) < 4.78 is 5.35. The first kappa shape index (κ1) is 15.0. The minimum absolute atomic E-state index is 0.0270. The van der Waals surface area contributed by atoms with E-state index in [9.17, 15) is 9.59 Å². The average Bonchev–Trinajstić information content (AvgIpc) is 3.08. The van der Waals surface area contributed by atoms with Crippen LogP contribution >= 0.6 is 0 Å². The van der Waals surface area contributed by atoms with Crippen molar-refractivity contribution in [3.05, 3.63) is 35.4 Å². The van der Waals surface area contributed by atoms with Gasteiger partial charge < -0.3 is 15.0 Å². The number of fused-ring (bicyclic) bond motifs is 1. The number of hydrogen-bond donors (Lipinski definition) is 1. The van der Waals surface area contributed by atoms with Gasteiger partial charge in [0.2, 0.25) is 11.8 Å². The normalized spacial score (nSPS) is 22.0. The molecule has 0 spiro atoms. The molecule has 0 saturated carbocycles. The van der Waals surface area contributed by atoms with E-state index in [0.29, 0.717) is 19.7 Å². The van der Waals surface area contributed by atoms with Crippen molar-refractivity contribution in [2.75, 3.05) is 13.2 Å². The van der Waals surface area contributed by atoms with Crippen LogP contribution in [0.25, 0.3) is 0 Å². The maximum atomic E-state index is 12.5. The lowest BCUT2D eigenvalue weighted by Gasteiger charge is -2.31. The second-order valence-corrected chi connectivity index (χ2v) is 6.01. The van der Waals surface area contributed by atoms with E-state index in [1.54, 1.807) is 6.92 Å². The molecule has 0 aromatic heterocycles. The molecule has 5 heteroatoms. The summed E-state index contributed by atoms with van der Waals surface area (Å²) >= 11 is 0. The van der Waals surface area contributed by atoms with E-state index in [-0.39, 0.29) is 11.8 Å². The highest BCUT2D eigenvalue weighted by molar-refractivity contribution is 5.89. The van der Waals surface area contributed by atoms with Crippen LogP contribution in [0, 0.1) is 0 Å². The third-order valence-corrected chi connectivity index (χ3v) is 4.39. The molecule has 1 aromatic rings. The summed E-state index contributed by atoms with van der Waals surface area (Å²) in [5.41, 5.74) is 2.50. The summed E-state index contributed by atoms with van der Waals surface area (Å²) in [7, 11) is 0. The number of ether oxygens (including phenoxy) is 1. The number of benzene rings is 1. The monoisotopic (exact) mass is 302 g/mol. The molecule has 1 saturated heterocycles. The van der Waals surface area contributed by atoms with Gasteiger partial charge in [0, 0.05) is 19.7 Å². The van der Waals surface area contributed by atoms with Crippen LogP contribution in [0.5, 0.6) is 0 Å². The molecule has 118 valence electrons. The molecule has 3 rings (SSSR count). The zero-order valence-corrected chi connectivity index (χ0v) is 12.9. The Balaban J connectivity index is 1.58. The van der Waals surface area contributed by atoms with E-state index < -0.39 is 12.1 Å². The zero-order chi connectivity index (χ0) is 15.5. The van der Waals surface area contributed by atoms with E-state index in [1.807, 2.05) is 17.0 Å². The van der Waals surface area contributed by atoms with Crippen LogP contribution < -0.4 is 5.32 Å². The molecule has 1 fully saturated rings. The highest BCUT2D eigenvalue weighted by Crippen LogP contribution is 2.19. The minimum Gasteiger partial charge on any atom is -0.368 e. The largest absolute Gasteiger partial charge is 0.368 e. The van der Waals surface area contributed by atoms with Crippen molar-refractivity contribution < 1.29 is 14.3 Å². The smallest absolute Gasteiger partial charge is 0.249 e. The Hall–Kier alpha value is -1.88. The van der Waals surface area contributed by atoms with E-state index in [0.717, 1.165) is 19.3 Å². The first-order valence-corrected chi connectivity index (χ1v) is 7.92. The lowest BCUT2D eigenvalue weighted by Crippen LogP contribution is -2.50. The van der Waals surface area contributed by atoms with Crippen molar-refractivity contribution in [2.24, 2.45) is 0 Å². The van der Waals surface area contributed by atoms with Gasteiger partial charge in [-0.05, 0) is 37.3 Å². The van der Waals surface area contributed by atoms with Crippen LogP contribution in [0.4, 0.5) is 0 Å². The Bertz CT molecular complexity index is 567. The van der Waals surface area contributed by atoms with Crippen molar-refractivity contribution >= 4 is 11.8 Å². The molecule has 1 unspecified atom stereocenters. The molecule has 0 radical (unpaired) electrons. The average molecular weight is 302 g/mol. The van der Waals surface area contributed by atoms with Crippen LogP contribution in [0.15, 0.2) is 24.3 Å². The summed E-state index contributed by atoms with van der Waals surface area (Å²) in [6.45, 7) is 3.70. The topological polar surface area (TPSA) is 58.6 Å². The fourth-order valence-corrected chi connectivity index (χ4v) is 3.11. The highest BCUT2D eigenvalue weighted by atomic mass is 16.5. The number of nitrogens with zero attached hydrogens (tertiary/aromatic N) is 1. The van der Waals surface area contributed by atoms with Crippen molar-refractivity contribution in [3.8, 4) is 0 Å². The predicted octanol–water partition coefficient (Wildman–Crippen LogP) is 1.25. The van der Waals surface area contributed by atoms with Gasteiger partial charge in [-0.15, -0.1) is 0 Å². The van der Waals surface area contributed by atoms with E-state index in [2.05, 4.69) is 17.4 Å². The van der Waals surface area contributed by atoms with Gasteiger partial charge in [-0.2, -0.15) is 0 Å². The van der Waals surface area contributed by atoms with Gasteiger partial charge in [0.15, 0.2) is 0 Å². The molecule has 5 nitrogen and oxygen atoms in total. The summed E-state index contributed by atoms with van der Waals surface area (Å²) in [5.74, 6) is -0.198. The second kappa shape index (κ2) is 6.48. The molecule has 2 aliphatic heterocycles. The van der Waals surface area contributed by atoms with E-state index in [1.165, 1.54) is 11.1 Å². The van der Waals surface area contributed by atoms with Crippen LogP contribution in [0.1, 0.15) is 30.9 Å². The molecular weight excluding hydrogens is 280 g/mol. The van der Waals surface area contributed by atoms with Gasteiger partial charge in [0.05, 0.1) is 0 Å². The van der Waals surface area contributed by atoms with Gasteiger partial charge in [0.25, 0.3) is 0 Å². The molecule has 22 heavy (non-hydrogen) atoms. The number of amides is 2. The first-order chi connectivity index (χ1) is 10.6. The van der Waals surface area contributed by atoms with Crippen molar-refractivity contribution in [2.45, 2.75) is 44.9 Å². The Morgan fingerprint density at radius 1 is 1.32 bits per heavy atom. The SMILES string of the molecule is C[C@H](NC(=O)C1CCCO1)C(=O)N1CCc2ccccc2C1. The summed E-state index contributed by atoms with van der Waals surface area (Å²) in [6, 6.07) is 7.68. The third kappa shape index (κ3) is 3.14. The Labute approximate surface area is 130 Å². The number of hydrogen-bond acceptors (Lipinski definition) is 3. The van der Waals surface area contributed by atoms with Crippen LogP contribution in [-0.2, 0) is 27.3 Å². The maximum absolute atomic E-state index is 12.5. The van der Waals surface area contributed by atoms with Crippen molar-refractivity contribution in [1.82, 2.24) is 10.2 Å². The fourth-order valence-electron chi connectivity index (χ4n) is 3.11. The number of carbonyl (C=O) groups excluding carboxylic acids is 2. The van der Waals surface area contributed by atoms with Gasteiger partial charge >= 0.3 is 0 Å². The first-order valence-electron chi connectivity index (χ1n) is 7.92. The van der Waals surface area contributed by atoms with Gasteiger partial charge in [-0.3, -0.25) is 9.59 Å². The summed E-state index contributed by atoms with van der Waals surface area (Å²) in [6.07, 6.45) is 2.12. The zero-order valence-electron chi connectivity index (χ0n) is 12.9. The molecule has 1 N–H and O–H groups in total. The number of rotatable bonds is 3. The molecule has 1 aromatic carbocycles. The minimum atomic E-state index is -0.512. The highest BCUT2D eigenvalue weighted by Gasteiger charge is 2.29. The molecule has 2 atom stereocenters. The van der Waals surface area contributed by atoms with Crippen molar-refractivity contribution in [3.63, 3.8) is 0 Å². The fraction of sp³-hybridized carbons (Fsp3) is 0.529. The lowest BCUT2D eigenvalue weighted by molar-refractivity contribution is -0.139. The second-order valence-electron chi connectivity index (χ2n) is 6.01. The Morgan fingerprint density at radius 2 is 2.09 bits per heavy atom. The maximum Gasteiger partial charge on any atom is 0.249 e. The molecule has 2 amide bonds. The van der Waals surface area contributed by atoms with Gasteiger partial charge in [-0.25, -0.2) is 0 Å². The lowest BCUT2D eigenvalue weighted by atomic mass is 9.99. The van der Waals surface area contributed by atoms with Crippen molar-refractivity contribution in [1.29, 1.82) is 0 Å². The van der Waals surface area contributed by atoms with E-state index >= 15 is 0 Å². The van der Waals surface area contributed by atoms with Gasteiger partial charge in [0.1, 0.15) is 12.1 Å². The molecule has 2 aliphatic rings. The molecule has 0 aliphatic carbocycles. The third-order valence-electron chi connectivity index (χ3n) is 4.39. The van der Waals surface area contributed by atoms with Gasteiger partial charge in [-0.1, -0.05) is 24.3 Å². The molecular formula is C17H22N2O3. The Morgan fingerprint density at radius 3 is 2.82 bits per heavy atom. The molecule has 0 bridgehead atoms. The quantitative estimate of drug-likeness (QED) is 0.914. The van der Waals surface area contributed by atoms with Crippen LogP contribution in [0.3, 0.4) is 0 Å². The number of carbonyl (C=O) groups is 2. The van der Waals surface area contributed by atoms with Crippen LogP contribution in [0.2, 0.25) is 0 Å². The van der Waals surface area contributed by atoms with Crippen LogP contribution in [-0.4, -0.2) is 42.0 Å². The number of nitrogens with one attached hydrogen (secondary N) is 1. The van der Waals surface area contributed by atoms with E-state index in [4.69, 9.17) is 4.74 Å². The summed E-state index contributed by atoms with van der Waals surface area (Å²) in [4.78, 5) is 26.4. The predicted molar refractivity (Wildman–Crippen MR) is 82.1 cm³/mol. The Kier molecular flexibility index (Phi) is 4.43. The molecule has 2 heterocycles.